The molecule has 5 nitrogen and oxygen atoms in total. The van der Waals surface area contributed by atoms with E-state index >= 15 is 0 Å². The summed E-state index contributed by atoms with van der Waals surface area (Å²) >= 11 is 5.85. The summed E-state index contributed by atoms with van der Waals surface area (Å²) in [6.45, 7) is 3.97. The highest BCUT2D eigenvalue weighted by molar-refractivity contribution is 6.30. The second-order valence-corrected chi connectivity index (χ2v) is 7.12. The van der Waals surface area contributed by atoms with Gasteiger partial charge >= 0.3 is 0 Å². The monoisotopic (exact) mass is 397 g/mol. The zero-order chi connectivity index (χ0) is 20.4. The third kappa shape index (κ3) is 7.37. The molecule has 0 aliphatic heterocycles. The van der Waals surface area contributed by atoms with Crippen molar-refractivity contribution in [2.24, 2.45) is 11.0 Å². The molecule has 0 bridgehead atoms. The van der Waals surface area contributed by atoms with Gasteiger partial charge in [0, 0.05) is 16.8 Å². The molecule has 0 aliphatic rings. The van der Waals surface area contributed by atoms with Crippen molar-refractivity contribution < 1.29 is 9.59 Å². The van der Waals surface area contributed by atoms with Crippen LogP contribution in [0.15, 0.2) is 65.8 Å². The number of carbonyl (C=O) groups is 2. The van der Waals surface area contributed by atoms with Crippen molar-refractivity contribution in [3.8, 4) is 0 Å². The van der Waals surface area contributed by atoms with Crippen molar-refractivity contribution in [1.82, 2.24) is 10.7 Å². The molecule has 2 rings (SSSR count). The fraction of sp³-hybridized carbons (Fsp3) is 0.227. The molecule has 0 saturated heterocycles. The first-order valence-corrected chi connectivity index (χ1v) is 9.44. The quantitative estimate of drug-likeness (QED) is 0.515. The Morgan fingerprint density at radius 3 is 2.39 bits per heavy atom. The lowest BCUT2D eigenvalue weighted by Crippen LogP contribution is -2.46. The SMILES string of the molecule is CC(C)CC(NC(=O)c1ccc(Cl)cc1)C(=O)NN=CC=Cc1ccccc1. The predicted octanol–water partition coefficient (Wildman–Crippen LogP) is 4.30. The van der Waals surface area contributed by atoms with E-state index < -0.39 is 6.04 Å². The molecular formula is C22H24ClN3O2. The number of allylic oxidation sites excluding steroid dienone is 1. The minimum Gasteiger partial charge on any atom is -0.340 e. The summed E-state index contributed by atoms with van der Waals surface area (Å²) in [4.78, 5) is 24.8. The average Bonchev–Trinajstić information content (AvgIpc) is 2.68. The van der Waals surface area contributed by atoms with Gasteiger partial charge in [-0.2, -0.15) is 5.10 Å². The second kappa shape index (κ2) is 11.0. The minimum atomic E-state index is -0.682. The van der Waals surface area contributed by atoms with Gasteiger partial charge in [0.2, 0.25) is 0 Å². The van der Waals surface area contributed by atoms with E-state index in [1.54, 1.807) is 30.3 Å². The summed E-state index contributed by atoms with van der Waals surface area (Å²) in [7, 11) is 0. The second-order valence-electron chi connectivity index (χ2n) is 6.69. The highest BCUT2D eigenvalue weighted by atomic mass is 35.5. The van der Waals surface area contributed by atoms with Crippen molar-refractivity contribution in [3.63, 3.8) is 0 Å². The molecule has 2 aromatic rings. The van der Waals surface area contributed by atoms with Gasteiger partial charge in [0.1, 0.15) is 6.04 Å². The molecule has 2 amide bonds. The van der Waals surface area contributed by atoms with Gasteiger partial charge in [-0.15, -0.1) is 0 Å². The summed E-state index contributed by atoms with van der Waals surface area (Å²) in [5.41, 5.74) is 3.96. The van der Waals surface area contributed by atoms with Crippen LogP contribution in [0.2, 0.25) is 5.02 Å². The van der Waals surface area contributed by atoms with Crippen LogP contribution in [0, 0.1) is 5.92 Å². The lowest BCUT2D eigenvalue weighted by molar-refractivity contribution is -0.123. The maximum absolute atomic E-state index is 12.4. The number of carbonyl (C=O) groups excluding carboxylic acids is 2. The number of hydrogen-bond donors (Lipinski definition) is 2. The minimum absolute atomic E-state index is 0.225. The first kappa shape index (κ1) is 21.4. The van der Waals surface area contributed by atoms with Crippen LogP contribution in [0.3, 0.4) is 0 Å². The molecule has 0 fully saturated rings. The molecule has 146 valence electrons. The van der Waals surface area contributed by atoms with Crippen LogP contribution < -0.4 is 10.7 Å². The molecule has 6 heteroatoms. The largest absolute Gasteiger partial charge is 0.340 e. The fourth-order valence-electron chi connectivity index (χ4n) is 2.49. The maximum Gasteiger partial charge on any atom is 0.262 e. The van der Waals surface area contributed by atoms with Crippen molar-refractivity contribution in [2.75, 3.05) is 0 Å². The number of rotatable bonds is 8. The van der Waals surface area contributed by atoms with E-state index in [4.69, 9.17) is 11.6 Å². The standard InChI is InChI=1S/C22H24ClN3O2/c1-16(2)15-20(25-21(27)18-10-12-19(23)13-11-18)22(28)26-24-14-6-9-17-7-4-3-5-8-17/h3-14,16,20H,15H2,1-2H3,(H,25,27)(H,26,28). The van der Waals surface area contributed by atoms with Crippen molar-refractivity contribution in [2.45, 2.75) is 26.3 Å². The zero-order valence-electron chi connectivity index (χ0n) is 15.9. The zero-order valence-corrected chi connectivity index (χ0v) is 16.7. The number of nitrogens with one attached hydrogen (secondary N) is 2. The summed E-state index contributed by atoms with van der Waals surface area (Å²) in [6.07, 6.45) is 5.61. The lowest BCUT2D eigenvalue weighted by Gasteiger charge is -2.19. The van der Waals surface area contributed by atoms with Gasteiger partial charge < -0.3 is 5.32 Å². The Labute approximate surface area is 170 Å². The van der Waals surface area contributed by atoms with E-state index in [0.717, 1.165) is 5.56 Å². The summed E-state index contributed by atoms with van der Waals surface area (Å²) in [5, 5.41) is 7.24. The van der Waals surface area contributed by atoms with Gasteiger partial charge in [0.15, 0.2) is 0 Å². The summed E-state index contributed by atoms with van der Waals surface area (Å²) in [5.74, 6) is -0.464. The predicted molar refractivity (Wildman–Crippen MR) is 114 cm³/mol. The molecule has 0 saturated carbocycles. The molecule has 1 atom stereocenters. The first-order chi connectivity index (χ1) is 13.5. The van der Waals surface area contributed by atoms with Gasteiger partial charge in [0.05, 0.1) is 0 Å². The van der Waals surface area contributed by atoms with Gasteiger partial charge in [-0.1, -0.05) is 61.9 Å². The maximum atomic E-state index is 12.4. The highest BCUT2D eigenvalue weighted by Crippen LogP contribution is 2.11. The lowest BCUT2D eigenvalue weighted by atomic mass is 10.0. The molecular weight excluding hydrogens is 374 g/mol. The Hall–Kier alpha value is -2.92. The molecule has 0 spiro atoms. The van der Waals surface area contributed by atoms with Crippen LogP contribution in [-0.4, -0.2) is 24.1 Å². The normalized spacial score (nSPS) is 12.4. The topological polar surface area (TPSA) is 70.6 Å². The number of halogens is 1. The van der Waals surface area contributed by atoms with Crippen LogP contribution in [0.4, 0.5) is 0 Å². The van der Waals surface area contributed by atoms with Crippen LogP contribution in [0.5, 0.6) is 0 Å². The van der Waals surface area contributed by atoms with E-state index in [0.29, 0.717) is 17.0 Å². The Balaban J connectivity index is 1.94. The van der Waals surface area contributed by atoms with E-state index in [1.165, 1.54) is 6.21 Å². The molecule has 1 unspecified atom stereocenters. The molecule has 0 aliphatic carbocycles. The third-order valence-corrected chi connectivity index (χ3v) is 4.11. The summed E-state index contributed by atoms with van der Waals surface area (Å²) < 4.78 is 0. The Morgan fingerprint density at radius 2 is 1.75 bits per heavy atom. The highest BCUT2D eigenvalue weighted by Gasteiger charge is 2.22. The first-order valence-electron chi connectivity index (χ1n) is 9.06. The fourth-order valence-corrected chi connectivity index (χ4v) is 2.61. The van der Waals surface area contributed by atoms with Gasteiger partial charge in [0.25, 0.3) is 11.8 Å². The Morgan fingerprint density at radius 1 is 1.07 bits per heavy atom. The molecule has 0 radical (unpaired) electrons. The number of amides is 2. The third-order valence-electron chi connectivity index (χ3n) is 3.86. The van der Waals surface area contributed by atoms with E-state index in [1.807, 2.05) is 50.3 Å². The van der Waals surface area contributed by atoms with Crippen LogP contribution in [-0.2, 0) is 4.79 Å². The Kier molecular flexibility index (Phi) is 8.43. The van der Waals surface area contributed by atoms with Gasteiger partial charge in [-0.3, -0.25) is 9.59 Å². The molecule has 28 heavy (non-hydrogen) atoms. The smallest absolute Gasteiger partial charge is 0.262 e. The van der Waals surface area contributed by atoms with Crippen LogP contribution >= 0.6 is 11.6 Å². The van der Waals surface area contributed by atoms with E-state index in [2.05, 4.69) is 15.8 Å². The van der Waals surface area contributed by atoms with Crippen molar-refractivity contribution in [3.05, 3.63) is 76.8 Å². The molecule has 2 N–H and O–H groups in total. The number of hydrazone groups is 1. The van der Waals surface area contributed by atoms with Crippen LogP contribution in [0.1, 0.15) is 36.2 Å². The number of hydrogen-bond acceptors (Lipinski definition) is 3. The average molecular weight is 398 g/mol. The van der Waals surface area contributed by atoms with Crippen molar-refractivity contribution >= 4 is 35.7 Å². The number of benzene rings is 2. The molecule has 0 heterocycles. The molecule has 2 aromatic carbocycles. The van der Waals surface area contributed by atoms with Crippen LogP contribution in [0.25, 0.3) is 6.08 Å². The van der Waals surface area contributed by atoms with Crippen molar-refractivity contribution in [1.29, 1.82) is 0 Å². The van der Waals surface area contributed by atoms with Gasteiger partial charge in [-0.25, -0.2) is 5.43 Å². The molecule has 0 aromatic heterocycles. The van der Waals surface area contributed by atoms with E-state index in [-0.39, 0.29) is 17.7 Å². The Bertz CT molecular complexity index is 831. The van der Waals surface area contributed by atoms with E-state index in [9.17, 15) is 9.59 Å². The summed E-state index contributed by atoms with van der Waals surface area (Å²) in [6, 6.07) is 15.6. The number of nitrogens with zero attached hydrogens (tertiary/aromatic N) is 1. The van der Waals surface area contributed by atoms with Gasteiger partial charge in [-0.05, 0) is 48.2 Å².